The maximum Gasteiger partial charge on any atom is 0.248 e. The van der Waals surface area contributed by atoms with Crippen LogP contribution >= 0.6 is 15.9 Å². The number of nitrogens with one attached hydrogen (secondary N) is 1. The van der Waals surface area contributed by atoms with Crippen molar-refractivity contribution in [3.63, 3.8) is 0 Å². The fourth-order valence-corrected chi connectivity index (χ4v) is 2.57. The minimum absolute atomic E-state index is 0.115. The Kier molecular flexibility index (Phi) is 4.75. The van der Waals surface area contributed by atoms with Crippen LogP contribution in [0.25, 0.3) is 0 Å². The molecule has 2 heterocycles. The highest BCUT2D eigenvalue weighted by molar-refractivity contribution is 9.10. The molecular formula is C16H17BrN6O. The second-order valence-electron chi connectivity index (χ2n) is 5.48. The van der Waals surface area contributed by atoms with Crippen molar-refractivity contribution in [1.82, 2.24) is 24.5 Å². The minimum atomic E-state index is -0.220. The molecule has 7 nitrogen and oxygen atoms in total. The fraction of sp³-hybridized carbons (Fsp3) is 0.250. The van der Waals surface area contributed by atoms with Gasteiger partial charge in [0.1, 0.15) is 12.9 Å². The number of carbonyl (C=O) groups excluding carboxylic acids is 1. The maximum absolute atomic E-state index is 12.1. The van der Waals surface area contributed by atoms with Crippen LogP contribution in [0.5, 0.6) is 0 Å². The largest absolute Gasteiger partial charge is 0.292 e. The van der Waals surface area contributed by atoms with E-state index in [9.17, 15) is 4.79 Å². The van der Waals surface area contributed by atoms with Gasteiger partial charge in [-0.1, -0.05) is 24.3 Å². The second-order valence-corrected chi connectivity index (χ2v) is 6.33. The molecule has 0 aliphatic rings. The van der Waals surface area contributed by atoms with E-state index in [0.29, 0.717) is 6.54 Å². The van der Waals surface area contributed by atoms with Crippen LogP contribution in [0.1, 0.15) is 16.8 Å². The number of benzene rings is 1. The predicted molar refractivity (Wildman–Crippen MR) is 93.6 cm³/mol. The quantitative estimate of drug-likeness (QED) is 0.728. The SMILES string of the molecule is Cc1ccccc1Cn1cnc(NC(=O)Cn2ncc(Br)c2C)n1. The van der Waals surface area contributed by atoms with E-state index in [4.69, 9.17) is 0 Å². The number of anilines is 1. The van der Waals surface area contributed by atoms with Crippen molar-refractivity contribution in [2.45, 2.75) is 26.9 Å². The van der Waals surface area contributed by atoms with Crippen molar-refractivity contribution in [3.8, 4) is 0 Å². The first kappa shape index (κ1) is 16.4. The number of aryl methyl sites for hydroxylation is 1. The van der Waals surface area contributed by atoms with Gasteiger partial charge in [-0.15, -0.1) is 5.10 Å². The van der Waals surface area contributed by atoms with Gasteiger partial charge in [0.05, 0.1) is 22.9 Å². The number of amides is 1. The van der Waals surface area contributed by atoms with Crippen LogP contribution < -0.4 is 5.32 Å². The number of halogens is 1. The molecule has 0 atom stereocenters. The molecule has 0 aliphatic carbocycles. The lowest BCUT2D eigenvalue weighted by Crippen LogP contribution is -2.21. The monoisotopic (exact) mass is 388 g/mol. The summed E-state index contributed by atoms with van der Waals surface area (Å²) in [6, 6.07) is 8.10. The number of carbonyl (C=O) groups is 1. The molecule has 0 radical (unpaired) electrons. The molecule has 1 aromatic carbocycles. The lowest BCUT2D eigenvalue weighted by molar-refractivity contribution is -0.117. The Balaban J connectivity index is 1.62. The lowest BCUT2D eigenvalue weighted by Gasteiger charge is -2.05. The Morgan fingerprint density at radius 1 is 1.29 bits per heavy atom. The molecule has 3 aromatic rings. The summed E-state index contributed by atoms with van der Waals surface area (Å²) < 4.78 is 4.19. The Bertz CT molecular complexity index is 869. The van der Waals surface area contributed by atoms with Crippen LogP contribution in [0.15, 0.2) is 41.3 Å². The van der Waals surface area contributed by atoms with Gasteiger partial charge in [0, 0.05) is 0 Å². The molecule has 3 rings (SSSR count). The summed E-state index contributed by atoms with van der Waals surface area (Å²) in [5.74, 6) is 0.0693. The molecule has 0 aliphatic heterocycles. The van der Waals surface area contributed by atoms with E-state index in [-0.39, 0.29) is 18.4 Å². The molecule has 0 saturated heterocycles. The summed E-state index contributed by atoms with van der Waals surface area (Å²) in [5.41, 5.74) is 3.25. The van der Waals surface area contributed by atoms with Gasteiger partial charge >= 0.3 is 0 Å². The van der Waals surface area contributed by atoms with Gasteiger partial charge in [0.2, 0.25) is 11.9 Å². The molecule has 1 N–H and O–H groups in total. The average Bonchev–Trinajstić information content (AvgIpc) is 3.11. The third-order valence-corrected chi connectivity index (χ3v) is 4.50. The second kappa shape index (κ2) is 6.96. The van der Waals surface area contributed by atoms with Crippen molar-refractivity contribution >= 4 is 27.8 Å². The first-order valence-electron chi connectivity index (χ1n) is 7.44. The molecule has 24 heavy (non-hydrogen) atoms. The van der Waals surface area contributed by atoms with Crippen LogP contribution in [0.2, 0.25) is 0 Å². The van der Waals surface area contributed by atoms with Gasteiger partial charge in [-0.05, 0) is 40.9 Å². The van der Waals surface area contributed by atoms with Crippen LogP contribution in [0.4, 0.5) is 5.95 Å². The summed E-state index contributed by atoms with van der Waals surface area (Å²) in [7, 11) is 0. The standard InChI is InChI=1S/C16H17BrN6O/c1-11-5-3-4-6-13(11)8-22-10-18-16(21-22)20-15(24)9-23-12(2)14(17)7-19-23/h3-7,10H,8-9H2,1-2H3,(H,20,21,24). The topological polar surface area (TPSA) is 77.6 Å². The molecule has 0 spiro atoms. The summed E-state index contributed by atoms with van der Waals surface area (Å²) in [6.45, 7) is 4.67. The van der Waals surface area contributed by atoms with Gasteiger partial charge in [0.25, 0.3) is 0 Å². The zero-order valence-corrected chi connectivity index (χ0v) is 15.0. The van der Waals surface area contributed by atoms with E-state index in [1.54, 1.807) is 21.9 Å². The van der Waals surface area contributed by atoms with E-state index in [1.807, 2.05) is 25.1 Å². The van der Waals surface area contributed by atoms with Gasteiger partial charge in [-0.25, -0.2) is 9.67 Å². The molecule has 1 amide bonds. The highest BCUT2D eigenvalue weighted by atomic mass is 79.9. The van der Waals surface area contributed by atoms with Gasteiger partial charge in [0.15, 0.2) is 0 Å². The van der Waals surface area contributed by atoms with Gasteiger partial charge in [-0.2, -0.15) is 5.10 Å². The van der Waals surface area contributed by atoms with Crippen LogP contribution in [0, 0.1) is 13.8 Å². The van der Waals surface area contributed by atoms with Gasteiger partial charge < -0.3 is 0 Å². The normalized spacial score (nSPS) is 10.8. The van der Waals surface area contributed by atoms with E-state index in [2.05, 4.69) is 49.4 Å². The molecule has 0 fully saturated rings. The molecule has 8 heteroatoms. The lowest BCUT2D eigenvalue weighted by atomic mass is 10.1. The third-order valence-electron chi connectivity index (χ3n) is 3.72. The smallest absolute Gasteiger partial charge is 0.248 e. The van der Waals surface area contributed by atoms with E-state index >= 15 is 0 Å². The zero-order chi connectivity index (χ0) is 17.1. The molecule has 0 bridgehead atoms. The van der Waals surface area contributed by atoms with Crippen LogP contribution in [-0.2, 0) is 17.9 Å². The Hall–Kier alpha value is -2.48. The Morgan fingerprint density at radius 2 is 2.08 bits per heavy atom. The first-order chi connectivity index (χ1) is 11.5. The van der Waals surface area contributed by atoms with Gasteiger partial charge in [-0.3, -0.25) is 14.8 Å². The molecule has 2 aromatic heterocycles. The average molecular weight is 389 g/mol. The van der Waals surface area contributed by atoms with E-state index in [1.165, 1.54) is 5.56 Å². The van der Waals surface area contributed by atoms with Crippen molar-refractivity contribution in [1.29, 1.82) is 0 Å². The summed E-state index contributed by atoms with van der Waals surface area (Å²) in [6.07, 6.45) is 3.27. The van der Waals surface area contributed by atoms with E-state index < -0.39 is 0 Å². The summed E-state index contributed by atoms with van der Waals surface area (Å²) in [5, 5.41) is 11.1. The molecule has 0 unspecified atom stereocenters. The number of rotatable bonds is 5. The molecule has 0 saturated carbocycles. The number of nitrogens with zero attached hydrogens (tertiary/aromatic N) is 5. The summed E-state index contributed by atoms with van der Waals surface area (Å²) >= 11 is 3.37. The van der Waals surface area contributed by atoms with Crippen molar-refractivity contribution < 1.29 is 4.79 Å². The number of hydrogen-bond acceptors (Lipinski definition) is 4. The minimum Gasteiger partial charge on any atom is -0.292 e. The maximum atomic E-state index is 12.1. The van der Waals surface area contributed by atoms with Crippen molar-refractivity contribution in [2.24, 2.45) is 0 Å². The Morgan fingerprint density at radius 3 is 2.79 bits per heavy atom. The zero-order valence-electron chi connectivity index (χ0n) is 13.4. The molecular weight excluding hydrogens is 372 g/mol. The third kappa shape index (κ3) is 3.70. The van der Waals surface area contributed by atoms with Crippen molar-refractivity contribution in [2.75, 3.05) is 5.32 Å². The van der Waals surface area contributed by atoms with Crippen LogP contribution in [-0.4, -0.2) is 30.5 Å². The van der Waals surface area contributed by atoms with E-state index in [0.717, 1.165) is 15.7 Å². The highest BCUT2D eigenvalue weighted by Crippen LogP contribution is 2.14. The predicted octanol–water partition coefficient (Wildman–Crippen LogP) is 2.54. The van der Waals surface area contributed by atoms with Crippen LogP contribution in [0.3, 0.4) is 0 Å². The molecule has 124 valence electrons. The Labute approximate surface area is 147 Å². The first-order valence-corrected chi connectivity index (χ1v) is 8.24. The number of hydrogen-bond donors (Lipinski definition) is 1. The number of aromatic nitrogens is 5. The fourth-order valence-electron chi connectivity index (χ4n) is 2.27. The highest BCUT2D eigenvalue weighted by Gasteiger charge is 2.11. The summed E-state index contributed by atoms with van der Waals surface area (Å²) in [4.78, 5) is 16.2. The van der Waals surface area contributed by atoms with Crippen molar-refractivity contribution in [3.05, 3.63) is 58.1 Å².